The van der Waals surface area contributed by atoms with Crippen LogP contribution >= 0.6 is 0 Å². The summed E-state index contributed by atoms with van der Waals surface area (Å²) in [4.78, 5) is 14.2. The van der Waals surface area contributed by atoms with Crippen LogP contribution in [0.3, 0.4) is 0 Å². The van der Waals surface area contributed by atoms with Crippen molar-refractivity contribution in [3.63, 3.8) is 0 Å². The van der Waals surface area contributed by atoms with Gasteiger partial charge in [-0.15, -0.1) is 10.2 Å². The number of hydrogen-bond acceptors (Lipinski definition) is 5. The first kappa shape index (κ1) is 6.60. The Hall–Kier alpha value is -1.52. The average molecular weight is 139 g/mol. The molecule has 0 bridgehead atoms. The van der Waals surface area contributed by atoms with Crippen LogP contribution in [-0.2, 0) is 4.74 Å². The highest BCUT2D eigenvalue weighted by Crippen LogP contribution is 1.89. The summed E-state index contributed by atoms with van der Waals surface area (Å²) >= 11 is 0. The molecule has 1 rings (SSSR count). The third-order valence-electron chi connectivity index (χ3n) is 0.875. The van der Waals surface area contributed by atoms with E-state index in [-0.39, 0.29) is 5.69 Å². The highest BCUT2D eigenvalue weighted by Gasteiger charge is 2.05. The zero-order chi connectivity index (χ0) is 7.40. The van der Waals surface area contributed by atoms with E-state index >= 15 is 0 Å². The van der Waals surface area contributed by atoms with Crippen molar-refractivity contribution in [2.75, 3.05) is 7.11 Å². The van der Waals surface area contributed by atoms with Gasteiger partial charge in [-0.2, -0.15) is 0 Å². The summed E-state index contributed by atoms with van der Waals surface area (Å²) in [5.74, 6) is -0.527. The van der Waals surface area contributed by atoms with Crippen LogP contribution in [0.2, 0.25) is 0 Å². The predicted molar refractivity (Wildman–Crippen MR) is 31.2 cm³/mol. The minimum atomic E-state index is -0.527. The van der Waals surface area contributed by atoms with Crippen molar-refractivity contribution < 1.29 is 9.53 Å². The molecule has 52 valence electrons. The molecular formula is C5H5N3O2. The molecule has 0 amide bonds. The fourth-order valence-electron chi connectivity index (χ4n) is 0.446. The van der Waals surface area contributed by atoms with E-state index in [2.05, 4.69) is 19.9 Å². The summed E-state index contributed by atoms with van der Waals surface area (Å²) in [7, 11) is 1.27. The first-order chi connectivity index (χ1) is 4.84. The smallest absolute Gasteiger partial charge is 0.360 e. The molecule has 0 aliphatic rings. The molecule has 5 heteroatoms. The third kappa shape index (κ3) is 1.25. The van der Waals surface area contributed by atoms with Gasteiger partial charge >= 0.3 is 5.97 Å². The minimum absolute atomic E-state index is 0.116. The maximum Gasteiger partial charge on any atom is 0.360 e. The van der Waals surface area contributed by atoms with E-state index in [1.165, 1.54) is 19.6 Å². The molecule has 0 aliphatic carbocycles. The zero-order valence-corrected chi connectivity index (χ0v) is 5.31. The number of carbonyl (C=O) groups excluding carboxylic acids is 1. The lowest BCUT2D eigenvalue weighted by atomic mass is 10.5. The molecule has 1 aromatic heterocycles. The molecule has 0 radical (unpaired) electrons. The number of ether oxygens (including phenoxy) is 1. The van der Waals surface area contributed by atoms with Gasteiger partial charge < -0.3 is 4.74 Å². The normalized spacial score (nSPS) is 8.90. The maximum atomic E-state index is 10.6. The van der Waals surface area contributed by atoms with Crippen LogP contribution in [0.5, 0.6) is 0 Å². The van der Waals surface area contributed by atoms with E-state index in [0.29, 0.717) is 0 Å². The molecule has 1 heterocycles. The van der Waals surface area contributed by atoms with Crippen molar-refractivity contribution in [3.05, 3.63) is 18.2 Å². The van der Waals surface area contributed by atoms with E-state index in [9.17, 15) is 4.79 Å². The molecule has 0 atom stereocenters. The zero-order valence-electron chi connectivity index (χ0n) is 5.31. The Morgan fingerprint density at radius 1 is 1.70 bits per heavy atom. The number of methoxy groups -OCH3 is 1. The van der Waals surface area contributed by atoms with Crippen LogP contribution < -0.4 is 0 Å². The van der Waals surface area contributed by atoms with Crippen molar-refractivity contribution in [2.45, 2.75) is 0 Å². The first-order valence-corrected chi connectivity index (χ1v) is 2.55. The lowest BCUT2D eigenvalue weighted by molar-refractivity contribution is 0.0592. The summed E-state index contributed by atoms with van der Waals surface area (Å²) in [6, 6.07) is 0. The van der Waals surface area contributed by atoms with Crippen molar-refractivity contribution >= 4 is 5.97 Å². The summed E-state index contributed by atoms with van der Waals surface area (Å²) in [6.07, 6.45) is 2.53. The summed E-state index contributed by atoms with van der Waals surface area (Å²) in [5.41, 5.74) is 0.116. The summed E-state index contributed by atoms with van der Waals surface area (Å²) in [5, 5.41) is 6.85. The van der Waals surface area contributed by atoms with Gasteiger partial charge in [0.15, 0.2) is 5.69 Å². The number of aromatic nitrogens is 3. The van der Waals surface area contributed by atoms with Gasteiger partial charge in [0.1, 0.15) is 6.33 Å². The van der Waals surface area contributed by atoms with Gasteiger partial charge in [0.25, 0.3) is 0 Å². The van der Waals surface area contributed by atoms with Crippen LogP contribution in [0.1, 0.15) is 10.5 Å². The molecule has 0 fully saturated rings. The number of hydrogen-bond donors (Lipinski definition) is 0. The van der Waals surface area contributed by atoms with Gasteiger partial charge in [-0.05, 0) is 0 Å². The first-order valence-electron chi connectivity index (χ1n) is 2.55. The predicted octanol–water partition coefficient (Wildman–Crippen LogP) is -0.342. The van der Waals surface area contributed by atoms with Crippen LogP contribution in [-0.4, -0.2) is 28.3 Å². The lowest BCUT2D eigenvalue weighted by Gasteiger charge is -1.92. The van der Waals surface area contributed by atoms with E-state index in [1.807, 2.05) is 0 Å². The van der Waals surface area contributed by atoms with Crippen molar-refractivity contribution in [3.8, 4) is 0 Å². The van der Waals surface area contributed by atoms with Gasteiger partial charge in [0, 0.05) is 0 Å². The highest BCUT2D eigenvalue weighted by atomic mass is 16.5. The van der Waals surface area contributed by atoms with Crippen LogP contribution in [0, 0.1) is 0 Å². The Labute approximate surface area is 57.1 Å². The highest BCUT2D eigenvalue weighted by molar-refractivity contribution is 5.86. The standard InChI is InChI=1S/C5H5N3O2/c1-10-5(9)4-2-6-3-7-8-4/h2-3H,1H3. The van der Waals surface area contributed by atoms with Crippen LogP contribution in [0.15, 0.2) is 12.5 Å². The second-order valence-electron chi connectivity index (χ2n) is 1.49. The van der Waals surface area contributed by atoms with E-state index < -0.39 is 5.97 Å². The van der Waals surface area contributed by atoms with Crippen molar-refractivity contribution in [1.82, 2.24) is 15.2 Å². The quantitative estimate of drug-likeness (QED) is 0.498. The number of carbonyl (C=O) groups is 1. The molecule has 0 saturated carbocycles. The van der Waals surface area contributed by atoms with E-state index in [4.69, 9.17) is 0 Å². The van der Waals surface area contributed by atoms with Crippen LogP contribution in [0.4, 0.5) is 0 Å². The van der Waals surface area contributed by atoms with Gasteiger partial charge in [-0.1, -0.05) is 0 Å². The second kappa shape index (κ2) is 2.86. The molecule has 10 heavy (non-hydrogen) atoms. The minimum Gasteiger partial charge on any atom is -0.464 e. The molecule has 0 aliphatic heterocycles. The summed E-state index contributed by atoms with van der Waals surface area (Å²) in [6.45, 7) is 0. The fraction of sp³-hybridized carbons (Fsp3) is 0.200. The summed E-state index contributed by atoms with van der Waals surface area (Å²) < 4.78 is 4.35. The van der Waals surface area contributed by atoms with E-state index in [0.717, 1.165) is 0 Å². The monoisotopic (exact) mass is 139 g/mol. The number of nitrogens with zero attached hydrogens (tertiary/aromatic N) is 3. The Kier molecular flexibility index (Phi) is 1.89. The molecular weight excluding hydrogens is 134 g/mol. The van der Waals surface area contributed by atoms with Crippen LogP contribution in [0.25, 0.3) is 0 Å². The molecule has 0 aromatic carbocycles. The SMILES string of the molecule is COC(=O)c1cncnn1. The Morgan fingerprint density at radius 2 is 2.50 bits per heavy atom. The van der Waals surface area contributed by atoms with Crippen molar-refractivity contribution in [1.29, 1.82) is 0 Å². The molecule has 0 spiro atoms. The Balaban J connectivity index is 2.85. The van der Waals surface area contributed by atoms with E-state index in [1.54, 1.807) is 0 Å². The van der Waals surface area contributed by atoms with Gasteiger partial charge in [0.05, 0.1) is 13.3 Å². The van der Waals surface area contributed by atoms with Gasteiger partial charge in [-0.25, -0.2) is 9.78 Å². The largest absolute Gasteiger partial charge is 0.464 e. The number of esters is 1. The topological polar surface area (TPSA) is 65.0 Å². The Bertz CT molecular complexity index is 224. The molecule has 0 unspecified atom stereocenters. The molecule has 1 aromatic rings. The lowest BCUT2D eigenvalue weighted by Crippen LogP contribution is -2.05. The second-order valence-corrected chi connectivity index (χ2v) is 1.49. The molecule has 0 N–H and O–H groups in total. The fourth-order valence-corrected chi connectivity index (χ4v) is 0.446. The average Bonchev–Trinajstić information content (AvgIpc) is 2.05. The van der Waals surface area contributed by atoms with Gasteiger partial charge in [-0.3, -0.25) is 0 Å². The van der Waals surface area contributed by atoms with Crippen molar-refractivity contribution in [2.24, 2.45) is 0 Å². The maximum absolute atomic E-state index is 10.6. The third-order valence-corrected chi connectivity index (χ3v) is 0.875. The Morgan fingerprint density at radius 3 is 3.00 bits per heavy atom. The van der Waals surface area contributed by atoms with Gasteiger partial charge in [0.2, 0.25) is 0 Å². The molecule has 0 saturated heterocycles. The molecule has 5 nitrogen and oxygen atoms in total. The number of rotatable bonds is 1.